The maximum atomic E-state index is 12.8. The van der Waals surface area contributed by atoms with Gasteiger partial charge in [0.25, 0.3) is 0 Å². The van der Waals surface area contributed by atoms with E-state index in [1.165, 1.54) is 24.3 Å². The maximum absolute atomic E-state index is 12.8. The molecule has 1 N–H and O–H groups in total. The molecule has 9 heteroatoms. The van der Waals surface area contributed by atoms with Crippen LogP contribution in [0.4, 0.5) is 26.3 Å². The van der Waals surface area contributed by atoms with Crippen LogP contribution in [0.25, 0.3) is 22.0 Å². The lowest BCUT2D eigenvalue weighted by Crippen LogP contribution is -2.27. The molecule has 28 heavy (non-hydrogen) atoms. The van der Waals surface area contributed by atoms with Gasteiger partial charge in [0.05, 0.1) is 11.1 Å². The van der Waals surface area contributed by atoms with Gasteiger partial charge in [0.2, 0.25) is 0 Å². The Morgan fingerprint density at radius 3 is 2.29 bits per heavy atom. The molecule has 0 fully saturated rings. The first kappa shape index (κ1) is 18.7. The van der Waals surface area contributed by atoms with Crippen LogP contribution >= 0.6 is 0 Å². The molecule has 4 rings (SSSR count). The first-order valence-electron chi connectivity index (χ1n) is 8.42. The van der Waals surface area contributed by atoms with Gasteiger partial charge in [0.15, 0.2) is 0 Å². The highest BCUT2D eigenvalue weighted by molar-refractivity contribution is 5.97. The first-order chi connectivity index (χ1) is 13.1. The van der Waals surface area contributed by atoms with Crippen molar-refractivity contribution in [3.63, 3.8) is 0 Å². The number of halogens is 6. The molecule has 2 heterocycles. The lowest BCUT2D eigenvalue weighted by molar-refractivity contribution is -0.274. The van der Waals surface area contributed by atoms with E-state index in [0.29, 0.717) is 41.7 Å². The largest absolute Gasteiger partial charge is 0.573 e. The molecule has 0 amide bonds. The van der Waals surface area contributed by atoms with Crippen molar-refractivity contribution in [3.05, 3.63) is 53.7 Å². The molecule has 0 unspecified atom stereocenters. The number of ether oxygens (including phenoxy) is 1. The van der Waals surface area contributed by atoms with E-state index in [1.54, 1.807) is 6.07 Å². The van der Waals surface area contributed by atoms with E-state index in [4.69, 9.17) is 0 Å². The summed E-state index contributed by atoms with van der Waals surface area (Å²) in [5, 5.41) is 3.72. The van der Waals surface area contributed by atoms with E-state index < -0.39 is 23.9 Å². The van der Waals surface area contributed by atoms with Crippen LogP contribution in [0.15, 0.2) is 42.5 Å². The summed E-state index contributed by atoms with van der Waals surface area (Å²) in [5.74, 6) is -0.411. The van der Waals surface area contributed by atoms with Gasteiger partial charge in [-0.15, -0.1) is 13.2 Å². The molecule has 3 aromatic rings. The minimum Gasteiger partial charge on any atom is -0.406 e. The van der Waals surface area contributed by atoms with E-state index in [1.807, 2.05) is 4.57 Å². The third-order valence-corrected chi connectivity index (χ3v) is 4.63. The third-order valence-electron chi connectivity index (χ3n) is 4.63. The van der Waals surface area contributed by atoms with E-state index in [-0.39, 0.29) is 0 Å². The van der Waals surface area contributed by atoms with E-state index in [9.17, 15) is 26.3 Å². The van der Waals surface area contributed by atoms with Gasteiger partial charge < -0.3 is 14.6 Å². The molecule has 148 valence electrons. The van der Waals surface area contributed by atoms with Gasteiger partial charge in [-0.25, -0.2) is 0 Å². The summed E-state index contributed by atoms with van der Waals surface area (Å²) in [7, 11) is 0. The Bertz CT molecular complexity index is 1020. The number of alkyl halides is 6. The molecule has 0 spiro atoms. The van der Waals surface area contributed by atoms with Crippen molar-refractivity contribution in [2.24, 2.45) is 0 Å². The van der Waals surface area contributed by atoms with Crippen LogP contribution in [0.3, 0.4) is 0 Å². The number of nitrogens with zero attached hydrogens (tertiary/aromatic N) is 1. The van der Waals surface area contributed by atoms with Crippen LogP contribution in [0.1, 0.15) is 11.3 Å². The smallest absolute Gasteiger partial charge is 0.406 e. The Labute approximate surface area is 155 Å². The number of benzene rings is 2. The van der Waals surface area contributed by atoms with Gasteiger partial charge >= 0.3 is 12.5 Å². The fourth-order valence-corrected chi connectivity index (χ4v) is 3.50. The molecule has 1 aliphatic heterocycles. The predicted octanol–water partition coefficient (Wildman–Crippen LogP) is 5.33. The number of rotatable bonds is 2. The van der Waals surface area contributed by atoms with Gasteiger partial charge in [-0.1, -0.05) is 12.1 Å². The van der Waals surface area contributed by atoms with Crippen LogP contribution < -0.4 is 10.1 Å². The minimum atomic E-state index is -4.87. The summed E-state index contributed by atoms with van der Waals surface area (Å²) in [4.78, 5) is 0. The molecule has 3 nitrogen and oxygen atoms in total. The summed E-state index contributed by atoms with van der Waals surface area (Å²) >= 11 is 0. The number of hydrogen-bond acceptors (Lipinski definition) is 2. The van der Waals surface area contributed by atoms with Crippen LogP contribution in [0.5, 0.6) is 5.75 Å². The highest BCUT2D eigenvalue weighted by atomic mass is 19.4. The zero-order valence-corrected chi connectivity index (χ0v) is 14.3. The standard InChI is InChI=1S/C19H14F6N2O/c20-18(21,22)13-3-1-11(2-4-13)16-9-15(28-19(23,24)25)8-12-7-14-10-26-5-6-27(14)17(12)16/h1-4,7-9,26H,5-6,10H2. The van der Waals surface area contributed by atoms with Crippen molar-refractivity contribution in [3.8, 4) is 16.9 Å². The van der Waals surface area contributed by atoms with Crippen LogP contribution in [-0.2, 0) is 19.3 Å². The van der Waals surface area contributed by atoms with Crippen molar-refractivity contribution < 1.29 is 31.1 Å². The molecule has 0 bridgehead atoms. The van der Waals surface area contributed by atoms with Crippen molar-refractivity contribution in [1.29, 1.82) is 0 Å². The molecule has 0 aliphatic carbocycles. The third kappa shape index (κ3) is 3.54. The molecule has 2 aromatic carbocycles. The molecule has 1 aliphatic rings. The molecule has 0 atom stereocenters. The highest BCUT2D eigenvalue weighted by Crippen LogP contribution is 2.38. The van der Waals surface area contributed by atoms with Gasteiger partial charge in [-0.05, 0) is 35.9 Å². The fraction of sp³-hybridized carbons (Fsp3) is 0.263. The molecule has 0 saturated heterocycles. The lowest BCUT2D eigenvalue weighted by Gasteiger charge is -2.19. The summed E-state index contributed by atoms with van der Waals surface area (Å²) in [6.45, 7) is 1.84. The second kappa shape index (κ2) is 6.44. The Balaban J connectivity index is 1.90. The number of fused-ring (bicyclic) bond motifs is 3. The van der Waals surface area contributed by atoms with Gasteiger partial charge in [0, 0.05) is 36.3 Å². The normalized spacial score (nSPS) is 14.9. The molecular weight excluding hydrogens is 386 g/mol. The van der Waals surface area contributed by atoms with E-state index in [0.717, 1.165) is 17.8 Å². The summed E-state index contributed by atoms with van der Waals surface area (Å²) in [6.07, 6.45) is -9.36. The molecular formula is C19H14F6N2O. The zero-order chi connectivity index (χ0) is 20.1. The van der Waals surface area contributed by atoms with E-state index in [2.05, 4.69) is 10.1 Å². The monoisotopic (exact) mass is 400 g/mol. The van der Waals surface area contributed by atoms with Gasteiger partial charge in [-0.2, -0.15) is 13.2 Å². The summed E-state index contributed by atoms with van der Waals surface area (Å²) in [6, 6.07) is 8.62. The topological polar surface area (TPSA) is 26.2 Å². The van der Waals surface area contributed by atoms with E-state index >= 15 is 0 Å². The quantitative estimate of drug-likeness (QED) is 0.589. The SMILES string of the molecule is FC(F)(F)Oc1cc(-c2ccc(C(F)(F)F)cc2)c2c(c1)cc1n2CCNC1. The first-order valence-corrected chi connectivity index (χ1v) is 8.42. The van der Waals surface area contributed by atoms with Crippen LogP contribution in [0, 0.1) is 0 Å². The average molecular weight is 400 g/mol. The molecule has 1 aromatic heterocycles. The Hall–Kier alpha value is -2.68. The Morgan fingerprint density at radius 1 is 0.929 bits per heavy atom. The second-order valence-corrected chi connectivity index (χ2v) is 6.50. The lowest BCUT2D eigenvalue weighted by atomic mass is 10.0. The molecule has 0 saturated carbocycles. The van der Waals surface area contributed by atoms with Crippen LogP contribution in [-0.4, -0.2) is 17.5 Å². The summed E-state index contributed by atoms with van der Waals surface area (Å²) in [5.41, 5.74) is 1.50. The average Bonchev–Trinajstić information content (AvgIpc) is 2.97. The minimum absolute atomic E-state index is 0.380. The zero-order valence-electron chi connectivity index (χ0n) is 14.3. The van der Waals surface area contributed by atoms with Crippen molar-refractivity contribution in [2.45, 2.75) is 25.6 Å². The van der Waals surface area contributed by atoms with Crippen LogP contribution in [0.2, 0.25) is 0 Å². The Kier molecular flexibility index (Phi) is 4.29. The van der Waals surface area contributed by atoms with Crippen molar-refractivity contribution in [2.75, 3.05) is 6.54 Å². The Morgan fingerprint density at radius 2 is 1.64 bits per heavy atom. The number of aromatic nitrogens is 1. The predicted molar refractivity (Wildman–Crippen MR) is 90.8 cm³/mol. The van der Waals surface area contributed by atoms with Crippen molar-refractivity contribution >= 4 is 10.9 Å². The second-order valence-electron chi connectivity index (χ2n) is 6.50. The van der Waals surface area contributed by atoms with Gasteiger partial charge in [-0.3, -0.25) is 0 Å². The molecule has 0 radical (unpaired) electrons. The van der Waals surface area contributed by atoms with Crippen molar-refractivity contribution in [1.82, 2.24) is 9.88 Å². The maximum Gasteiger partial charge on any atom is 0.573 e. The fourth-order valence-electron chi connectivity index (χ4n) is 3.50. The highest BCUT2D eigenvalue weighted by Gasteiger charge is 2.32. The van der Waals surface area contributed by atoms with Gasteiger partial charge in [0.1, 0.15) is 5.75 Å². The number of nitrogens with one attached hydrogen (secondary N) is 1. The number of hydrogen-bond donors (Lipinski definition) is 1. The summed E-state index contributed by atoms with van der Waals surface area (Å²) < 4.78 is 82.8.